The molecule has 128 valence electrons. The summed E-state index contributed by atoms with van der Waals surface area (Å²) in [4.78, 5) is 20.2. The van der Waals surface area contributed by atoms with Crippen LogP contribution in [0.3, 0.4) is 0 Å². The van der Waals surface area contributed by atoms with E-state index in [0.29, 0.717) is 28.8 Å². The smallest absolute Gasteiger partial charge is 0.248 e. The highest BCUT2D eigenvalue weighted by molar-refractivity contribution is 6.01. The first-order valence-corrected chi connectivity index (χ1v) is 7.90. The predicted molar refractivity (Wildman–Crippen MR) is 89.8 cm³/mol. The number of amides is 1. The lowest BCUT2D eigenvalue weighted by Gasteiger charge is -2.29. The molecule has 0 bridgehead atoms. The molecular formula is C16H21N5O3. The number of amidine groups is 1. The van der Waals surface area contributed by atoms with Gasteiger partial charge in [0.1, 0.15) is 0 Å². The minimum absolute atomic E-state index is 0.0485. The minimum atomic E-state index is -1.48. The lowest BCUT2D eigenvalue weighted by atomic mass is 9.92. The first-order valence-electron chi connectivity index (χ1n) is 7.90. The Bertz CT molecular complexity index is 792. The molecular weight excluding hydrogens is 310 g/mol. The average Bonchev–Trinajstić information content (AvgIpc) is 2.84. The topological polar surface area (TPSA) is 126 Å². The summed E-state index contributed by atoms with van der Waals surface area (Å²) in [6.45, 7) is -0.0485. The van der Waals surface area contributed by atoms with Crippen molar-refractivity contribution in [3.63, 3.8) is 0 Å². The van der Waals surface area contributed by atoms with Crippen molar-refractivity contribution in [2.45, 2.75) is 31.6 Å². The molecule has 1 aromatic carbocycles. The van der Waals surface area contributed by atoms with Crippen LogP contribution in [0.15, 0.2) is 23.2 Å². The van der Waals surface area contributed by atoms with E-state index in [1.807, 2.05) is 6.07 Å². The van der Waals surface area contributed by atoms with Crippen LogP contribution in [-0.4, -0.2) is 51.4 Å². The molecule has 2 aromatic rings. The van der Waals surface area contributed by atoms with Crippen molar-refractivity contribution in [3.05, 3.63) is 29.6 Å². The Kier molecular flexibility index (Phi) is 4.50. The second-order valence-corrected chi connectivity index (χ2v) is 5.89. The summed E-state index contributed by atoms with van der Waals surface area (Å²) >= 11 is 0. The van der Waals surface area contributed by atoms with Gasteiger partial charge < -0.3 is 25.8 Å². The SMILES string of the molecule is CN=C(NCC(O)O)c1nc2cc(C(N)=O)ccc2n1C1CCC1. The van der Waals surface area contributed by atoms with Gasteiger partial charge in [-0.2, -0.15) is 0 Å². The maximum atomic E-state index is 11.4. The van der Waals surface area contributed by atoms with E-state index in [1.165, 1.54) is 0 Å². The molecule has 0 saturated heterocycles. The molecule has 1 fully saturated rings. The van der Waals surface area contributed by atoms with Crippen molar-refractivity contribution in [2.24, 2.45) is 10.7 Å². The molecule has 0 radical (unpaired) electrons. The number of fused-ring (bicyclic) bond motifs is 1. The Labute approximate surface area is 139 Å². The van der Waals surface area contributed by atoms with E-state index in [2.05, 4.69) is 19.9 Å². The Balaban J connectivity index is 2.09. The van der Waals surface area contributed by atoms with Crippen LogP contribution in [0.2, 0.25) is 0 Å². The minimum Gasteiger partial charge on any atom is -0.367 e. The summed E-state index contributed by atoms with van der Waals surface area (Å²) in [6, 6.07) is 5.53. The summed E-state index contributed by atoms with van der Waals surface area (Å²) in [5.41, 5.74) is 7.33. The van der Waals surface area contributed by atoms with Gasteiger partial charge in [0, 0.05) is 18.7 Å². The van der Waals surface area contributed by atoms with Gasteiger partial charge in [-0.1, -0.05) is 0 Å². The van der Waals surface area contributed by atoms with Gasteiger partial charge in [0.25, 0.3) is 0 Å². The third kappa shape index (κ3) is 2.98. The number of aliphatic hydroxyl groups is 2. The molecule has 8 heteroatoms. The zero-order chi connectivity index (χ0) is 17.3. The molecule has 0 aliphatic heterocycles. The highest BCUT2D eigenvalue weighted by atomic mass is 16.5. The Morgan fingerprint density at radius 1 is 1.50 bits per heavy atom. The van der Waals surface area contributed by atoms with E-state index in [9.17, 15) is 4.79 Å². The quantitative estimate of drug-likeness (QED) is 0.352. The van der Waals surface area contributed by atoms with Crippen LogP contribution in [0, 0.1) is 0 Å². The van der Waals surface area contributed by atoms with Crippen LogP contribution in [-0.2, 0) is 0 Å². The highest BCUT2D eigenvalue weighted by Crippen LogP contribution is 2.35. The number of aromatic nitrogens is 2. The number of carbonyl (C=O) groups is 1. The predicted octanol–water partition coefficient (Wildman–Crippen LogP) is 0.137. The third-order valence-electron chi connectivity index (χ3n) is 4.30. The molecule has 8 nitrogen and oxygen atoms in total. The molecule has 1 saturated carbocycles. The Hall–Kier alpha value is -2.45. The van der Waals surface area contributed by atoms with Gasteiger partial charge in [0.15, 0.2) is 18.0 Å². The van der Waals surface area contributed by atoms with Gasteiger partial charge >= 0.3 is 0 Å². The maximum absolute atomic E-state index is 11.4. The number of benzene rings is 1. The molecule has 1 aliphatic rings. The lowest BCUT2D eigenvalue weighted by molar-refractivity contribution is -0.0341. The summed E-state index contributed by atoms with van der Waals surface area (Å²) < 4.78 is 2.10. The van der Waals surface area contributed by atoms with Gasteiger partial charge in [-0.25, -0.2) is 4.98 Å². The number of imidazole rings is 1. The lowest BCUT2D eigenvalue weighted by Crippen LogP contribution is -2.35. The maximum Gasteiger partial charge on any atom is 0.248 e. The zero-order valence-electron chi connectivity index (χ0n) is 13.4. The third-order valence-corrected chi connectivity index (χ3v) is 4.30. The van der Waals surface area contributed by atoms with E-state index in [0.717, 1.165) is 24.8 Å². The summed E-state index contributed by atoms with van der Waals surface area (Å²) in [5, 5.41) is 21.1. The number of rotatable bonds is 5. The fraction of sp³-hybridized carbons (Fsp3) is 0.438. The largest absolute Gasteiger partial charge is 0.367 e. The second kappa shape index (κ2) is 6.58. The van der Waals surface area contributed by atoms with Crippen molar-refractivity contribution in [1.29, 1.82) is 0 Å². The van der Waals surface area contributed by atoms with E-state index in [-0.39, 0.29) is 6.54 Å². The van der Waals surface area contributed by atoms with Crippen molar-refractivity contribution < 1.29 is 15.0 Å². The van der Waals surface area contributed by atoms with Crippen LogP contribution in [0.4, 0.5) is 0 Å². The fourth-order valence-corrected chi connectivity index (χ4v) is 2.88. The van der Waals surface area contributed by atoms with E-state index >= 15 is 0 Å². The number of hydrogen-bond acceptors (Lipinski definition) is 5. The number of carbonyl (C=O) groups excluding carboxylic acids is 1. The molecule has 1 aliphatic carbocycles. The summed E-state index contributed by atoms with van der Waals surface area (Å²) in [5.74, 6) is 0.605. The van der Waals surface area contributed by atoms with Crippen molar-refractivity contribution in [3.8, 4) is 0 Å². The van der Waals surface area contributed by atoms with Gasteiger partial charge in [-0.05, 0) is 37.5 Å². The summed E-state index contributed by atoms with van der Waals surface area (Å²) in [7, 11) is 1.62. The zero-order valence-corrected chi connectivity index (χ0v) is 13.4. The first-order chi connectivity index (χ1) is 11.5. The van der Waals surface area contributed by atoms with Gasteiger partial charge in [0.05, 0.1) is 17.6 Å². The molecule has 24 heavy (non-hydrogen) atoms. The van der Waals surface area contributed by atoms with Crippen LogP contribution in [0.1, 0.15) is 41.5 Å². The van der Waals surface area contributed by atoms with Crippen molar-refractivity contribution in [1.82, 2.24) is 14.9 Å². The van der Waals surface area contributed by atoms with Crippen LogP contribution in [0.25, 0.3) is 11.0 Å². The number of nitrogens with zero attached hydrogens (tertiary/aromatic N) is 3. The molecule has 0 unspecified atom stereocenters. The van der Waals surface area contributed by atoms with Crippen LogP contribution in [0.5, 0.6) is 0 Å². The molecule has 0 spiro atoms. The molecule has 5 N–H and O–H groups in total. The van der Waals surface area contributed by atoms with E-state index in [4.69, 9.17) is 15.9 Å². The standard InChI is InChI=1S/C16H21N5O3/c1-18-15(19-8-13(22)23)16-20-11-7-9(14(17)24)5-6-12(11)21(16)10-3-2-4-10/h5-7,10,13,22-23H,2-4,8H2,1H3,(H2,17,24)(H,18,19). The van der Waals surface area contributed by atoms with Crippen LogP contribution >= 0.6 is 0 Å². The van der Waals surface area contributed by atoms with Crippen molar-refractivity contribution >= 4 is 22.8 Å². The van der Waals surface area contributed by atoms with Gasteiger partial charge in [-0.15, -0.1) is 0 Å². The molecule has 3 rings (SSSR count). The van der Waals surface area contributed by atoms with Gasteiger partial charge in [0.2, 0.25) is 5.91 Å². The van der Waals surface area contributed by atoms with E-state index < -0.39 is 12.2 Å². The second-order valence-electron chi connectivity index (χ2n) is 5.89. The van der Waals surface area contributed by atoms with Crippen molar-refractivity contribution in [2.75, 3.05) is 13.6 Å². The summed E-state index contributed by atoms with van der Waals surface area (Å²) in [6.07, 6.45) is 1.78. The number of aliphatic hydroxyl groups excluding tert-OH is 1. The molecule has 1 amide bonds. The molecule has 0 atom stereocenters. The number of primary amides is 1. The molecule has 1 aromatic heterocycles. The average molecular weight is 331 g/mol. The number of nitrogens with one attached hydrogen (secondary N) is 1. The Morgan fingerprint density at radius 2 is 2.25 bits per heavy atom. The first kappa shape index (κ1) is 16.4. The highest BCUT2D eigenvalue weighted by Gasteiger charge is 2.27. The Morgan fingerprint density at radius 3 is 2.79 bits per heavy atom. The number of hydrogen-bond donors (Lipinski definition) is 4. The van der Waals surface area contributed by atoms with Crippen LogP contribution < -0.4 is 11.1 Å². The molecule has 1 heterocycles. The number of nitrogens with two attached hydrogens (primary N) is 1. The normalized spacial score (nSPS) is 15.8. The van der Waals surface area contributed by atoms with Gasteiger partial charge in [-0.3, -0.25) is 9.79 Å². The fourth-order valence-electron chi connectivity index (χ4n) is 2.88. The monoisotopic (exact) mass is 331 g/mol. The van der Waals surface area contributed by atoms with E-state index in [1.54, 1.807) is 19.2 Å². The number of aliphatic imine (C=N–C) groups is 1.